The van der Waals surface area contributed by atoms with Gasteiger partial charge in [0.2, 0.25) is 0 Å². The van der Waals surface area contributed by atoms with Crippen molar-refractivity contribution in [3.8, 4) is 17.1 Å². The van der Waals surface area contributed by atoms with Crippen LogP contribution in [-0.4, -0.2) is 28.4 Å². The Kier molecular flexibility index (Phi) is 3.44. The number of aromatic nitrogens is 2. The van der Waals surface area contributed by atoms with E-state index in [0.29, 0.717) is 6.42 Å². The highest BCUT2D eigenvalue weighted by molar-refractivity contribution is 5.57. The first kappa shape index (κ1) is 11.7. The van der Waals surface area contributed by atoms with E-state index < -0.39 is 0 Å². The molecule has 0 atom stereocenters. The van der Waals surface area contributed by atoms with Crippen molar-refractivity contribution in [1.82, 2.24) is 9.55 Å². The summed E-state index contributed by atoms with van der Waals surface area (Å²) < 4.78 is 7.12. The molecule has 0 amide bonds. The fraction of sp³-hybridized carbons (Fsp3) is 0.308. The molecule has 0 aliphatic carbocycles. The van der Waals surface area contributed by atoms with Crippen molar-refractivity contribution in [3.63, 3.8) is 0 Å². The second-order valence-electron chi connectivity index (χ2n) is 3.83. The van der Waals surface area contributed by atoms with Crippen LogP contribution in [0.15, 0.2) is 30.5 Å². The molecule has 0 spiro atoms. The molecule has 1 aromatic heterocycles. The Morgan fingerprint density at radius 2 is 2.00 bits per heavy atom. The average molecular weight is 232 g/mol. The number of benzene rings is 1. The molecular weight excluding hydrogens is 216 g/mol. The first-order chi connectivity index (χ1) is 8.26. The summed E-state index contributed by atoms with van der Waals surface area (Å²) in [5.41, 5.74) is 2.07. The first-order valence-electron chi connectivity index (χ1n) is 5.52. The Balaban J connectivity index is 2.32. The van der Waals surface area contributed by atoms with Gasteiger partial charge in [0.15, 0.2) is 0 Å². The van der Waals surface area contributed by atoms with Crippen molar-refractivity contribution in [3.05, 3.63) is 36.2 Å². The molecule has 4 nitrogen and oxygen atoms in total. The standard InChI is InChI=1S/C13H16N2O2/c1-15-11(7-8-16)9-14-13(15)10-3-5-12(17-2)6-4-10/h3-6,9,16H,7-8H2,1-2H3. The maximum absolute atomic E-state index is 8.93. The van der Waals surface area contributed by atoms with Crippen LogP contribution in [-0.2, 0) is 13.5 Å². The molecule has 0 fully saturated rings. The number of aliphatic hydroxyl groups excluding tert-OH is 1. The fourth-order valence-corrected chi connectivity index (χ4v) is 1.80. The van der Waals surface area contributed by atoms with E-state index in [9.17, 15) is 0 Å². The van der Waals surface area contributed by atoms with Crippen LogP contribution in [0.25, 0.3) is 11.4 Å². The van der Waals surface area contributed by atoms with E-state index in [2.05, 4.69) is 4.98 Å². The quantitative estimate of drug-likeness (QED) is 0.871. The summed E-state index contributed by atoms with van der Waals surface area (Å²) in [4.78, 5) is 4.37. The molecule has 0 saturated heterocycles. The summed E-state index contributed by atoms with van der Waals surface area (Å²) in [5, 5.41) is 8.93. The topological polar surface area (TPSA) is 47.3 Å². The Labute approximate surface area is 100 Å². The fourth-order valence-electron chi connectivity index (χ4n) is 1.80. The smallest absolute Gasteiger partial charge is 0.139 e. The summed E-state index contributed by atoms with van der Waals surface area (Å²) in [6, 6.07) is 7.78. The predicted octanol–water partition coefficient (Wildman–Crippen LogP) is 1.63. The number of hydrogen-bond donors (Lipinski definition) is 1. The summed E-state index contributed by atoms with van der Waals surface area (Å²) in [6.07, 6.45) is 2.43. The largest absolute Gasteiger partial charge is 0.497 e. The highest BCUT2D eigenvalue weighted by Crippen LogP contribution is 2.21. The molecule has 0 radical (unpaired) electrons. The van der Waals surface area contributed by atoms with Crippen LogP contribution in [0, 0.1) is 0 Å². The van der Waals surface area contributed by atoms with Gasteiger partial charge in [-0.25, -0.2) is 4.98 Å². The molecule has 2 aromatic rings. The van der Waals surface area contributed by atoms with Gasteiger partial charge in [-0.1, -0.05) is 0 Å². The van der Waals surface area contributed by atoms with Gasteiger partial charge in [0.05, 0.1) is 7.11 Å². The third kappa shape index (κ3) is 2.31. The Morgan fingerprint density at radius 1 is 1.29 bits per heavy atom. The molecular formula is C13H16N2O2. The van der Waals surface area contributed by atoms with Crippen LogP contribution in [0.3, 0.4) is 0 Å². The van der Waals surface area contributed by atoms with Crippen LogP contribution in [0.2, 0.25) is 0 Å². The number of nitrogens with zero attached hydrogens (tertiary/aromatic N) is 2. The second-order valence-corrected chi connectivity index (χ2v) is 3.83. The van der Waals surface area contributed by atoms with Crippen LogP contribution in [0.5, 0.6) is 5.75 Å². The van der Waals surface area contributed by atoms with E-state index in [1.54, 1.807) is 13.3 Å². The molecule has 0 unspecified atom stereocenters. The summed E-state index contributed by atoms with van der Waals surface area (Å²) in [6.45, 7) is 0.140. The SMILES string of the molecule is COc1ccc(-c2ncc(CCO)n2C)cc1. The number of aliphatic hydroxyl groups is 1. The van der Waals surface area contributed by atoms with Crippen LogP contribution < -0.4 is 4.74 Å². The molecule has 1 aromatic carbocycles. The van der Waals surface area contributed by atoms with Gasteiger partial charge in [-0.15, -0.1) is 0 Å². The molecule has 1 heterocycles. The van der Waals surface area contributed by atoms with E-state index in [-0.39, 0.29) is 6.61 Å². The van der Waals surface area contributed by atoms with E-state index in [4.69, 9.17) is 9.84 Å². The third-order valence-electron chi connectivity index (χ3n) is 2.80. The van der Waals surface area contributed by atoms with Crippen molar-refractivity contribution in [2.75, 3.05) is 13.7 Å². The van der Waals surface area contributed by atoms with E-state index in [1.807, 2.05) is 35.9 Å². The third-order valence-corrected chi connectivity index (χ3v) is 2.80. The van der Waals surface area contributed by atoms with E-state index in [0.717, 1.165) is 22.8 Å². The van der Waals surface area contributed by atoms with Gasteiger partial charge in [0.1, 0.15) is 11.6 Å². The molecule has 0 aliphatic rings. The maximum Gasteiger partial charge on any atom is 0.139 e. The zero-order valence-corrected chi connectivity index (χ0v) is 10.1. The minimum Gasteiger partial charge on any atom is -0.497 e. The number of ether oxygens (including phenoxy) is 1. The number of hydrogen-bond acceptors (Lipinski definition) is 3. The molecule has 0 aliphatic heterocycles. The van der Waals surface area contributed by atoms with Crippen LogP contribution in [0.4, 0.5) is 0 Å². The highest BCUT2D eigenvalue weighted by atomic mass is 16.5. The zero-order valence-electron chi connectivity index (χ0n) is 10.1. The molecule has 90 valence electrons. The van der Waals surface area contributed by atoms with Gasteiger partial charge < -0.3 is 14.4 Å². The molecule has 17 heavy (non-hydrogen) atoms. The number of imidazole rings is 1. The Morgan fingerprint density at radius 3 is 2.59 bits per heavy atom. The van der Waals surface area contributed by atoms with Crippen LogP contribution >= 0.6 is 0 Å². The van der Waals surface area contributed by atoms with Crippen molar-refractivity contribution < 1.29 is 9.84 Å². The number of methoxy groups -OCH3 is 1. The number of rotatable bonds is 4. The highest BCUT2D eigenvalue weighted by Gasteiger charge is 2.08. The zero-order chi connectivity index (χ0) is 12.3. The van der Waals surface area contributed by atoms with Gasteiger partial charge >= 0.3 is 0 Å². The summed E-state index contributed by atoms with van der Waals surface area (Å²) in [5.74, 6) is 1.73. The van der Waals surface area contributed by atoms with E-state index in [1.165, 1.54) is 0 Å². The minimum atomic E-state index is 0.140. The average Bonchev–Trinajstić information content (AvgIpc) is 2.72. The molecule has 2 rings (SSSR count). The lowest BCUT2D eigenvalue weighted by atomic mass is 10.2. The normalized spacial score (nSPS) is 10.5. The van der Waals surface area contributed by atoms with Gasteiger partial charge in [-0.3, -0.25) is 0 Å². The Bertz CT molecular complexity index is 489. The minimum absolute atomic E-state index is 0.140. The van der Waals surface area contributed by atoms with Crippen molar-refractivity contribution in [2.45, 2.75) is 6.42 Å². The first-order valence-corrected chi connectivity index (χ1v) is 5.52. The lowest BCUT2D eigenvalue weighted by Gasteiger charge is -2.06. The van der Waals surface area contributed by atoms with Crippen LogP contribution in [0.1, 0.15) is 5.69 Å². The second kappa shape index (κ2) is 5.01. The molecule has 4 heteroatoms. The molecule has 0 bridgehead atoms. The summed E-state index contributed by atoms with van der Waals surface area (Å²) >= 11 is 0. The van der Waals surface area contributed by atoms with Crippen molar-refractivity contribution in [2.24, 2.45) is 7.05 Å². The van der Waals surface area contributed by atoms with E-state index >= 15 is 0 Å². The molecule has 0 saturated carbocycles. The van der Waals surface area contributed by atoms with Crippen molar-refractivity contribution >= 4 is 0 Å². The van der Waals surface area contributed by atoms with Gasteiger partial charge in [-0.2, -0.15) is 0 Å². The van der Waals surface area contributed by atoms with Crippen molar-refractivity contribution in [1.29, 1.82) is 0 Å². The van der Waals surface area contributed by atoms with Gasteiger partial charge in [0.25, 0.3) is 0 Å². The lowest BCUT2D eigenvalue weighted by Crippen LogP contribution is -2.00. The summed E-state index contributed by atoms with van der Waals surface area (Å²) in [7, 11) is 3.60. The monoisotopic (exact) mass is 232 g/mol. The molecule has 1 N–H and O–H groups in total. The maximum atomic E-state index is 8.93. The Hall–Kier alpha value is -1.81. The van der Waals surface area contributed by atoms with Gasteiger partial charge in [-0.05, 0) is 24.3 Å². The predicted molar refractivity (Wildman–Crippen MR) is 66.0 cm³/mol. The van der Waals surface area contributed by atoms with Gasteiger partial charge in [0, 0.05) is 37.5 Å². The lowest BCUT2D eigenvalue weighted by molar-refractivity contribution is 0.297.